The van der Waals surface area contributed by atoms with E-state index in [2.05, 4.69) is 120 Å². The summed E-state index contributed by atoms with van der Waals surface area (Å²) >= 11 is 4.71. The van der Waals surface area contributed by atoms with Crippen LogP contribution in [0.3, 0.4) is 0 Å². The molecule has 2 unspecified atom stereocenters. The van der Waals surface area contributed by atoms with Crippen molar-refractivity contribution in [3.8, 4) is 10.4 Å². The molecule has 0 aliphatic carbocycles. The minimum absolute atomic E-state index is 0.0823. The first-order valence-corrected chi connectivity index (χ1v) is 25.8. The number of nitrogens with one attached hydrogen (secondary N) is 3. The number of alkyl carbamates (subject to hydrolysis) is 1. The number of amides is 3. The highest BCUT2D eigenvalue weighted by Crippen LogP contribution is 2.48. The van der Waals surface area contributed by atoms with Crippen molar-refractivity contribution < 1.29 is 28.7 Å². The van der Waals surface area contributed by atoms with Crippen LogP contribution in [0.1, 0.15) is 94.3 Å². The van der Waals surface area contributed by atoms with Gasteiger partial charge in [-0.1, -0.05) is 148 Å². The number of carbonyl (C=O) groups excluding carboxylic acids is 4. The van der Waals surface area contributed by atoms with Crippen LogP contribution in [-0.4, -0.2) is 75.7 Å². The van der Waals surface area contributed by atoms with Crippen LogP contribution >= 0.6 is 34.9 Å². The molecule has 2 heterocycles. The van der Waals surface area contributed by atoms with Gasteiger partial charge in [-0.3, -0.25) is 19.4 Å². The number of aromatic nitrogens is 1. The van der Waals surface area contributed by atoms with Gasteiger partial charge in [0.25, 0.3) is 0 Å². The van der Waals surface area contributed by atoms with Crippen molar-refractivity contribution in [3.05, 3.63) is 160 Å². The van der Waals surface area contributed by atoms with E-state index in [1.807, 2.05) is 76.7 Å². The van der Waals surface area contributed by atoms with E-state index in [0.717, 1.165) is 22.6 Å². The molecule has 0 radical (unpaired) electrons. The van der Waals surface area contributed by atoms with Crippen molar-refractivity contribution >= 4 is 63.8 Å². The molecule has 0 saturated carbocycles. The van der Waals surface area contributed by atoms with Gasteiger partial charge < -0.3 is 25.4 Å². The van der Waals surface area contributed by atoms with Gasteiger partial charge in [0.1, 0.15) is 32.9 Å². The predicted octanol–water partition coefficient (Wildman–Crippen LogP) is 10.5. The number of esters is 1. The second-order valence-corrected chi connectivity index (χ2v) is 21.5. The summed E-state index contributed by atoms with van der Waals surface area (Å²) in [7, 11) is 1.32. The quantitative estimate of drug-likeness (QED) is 0.0300. The Balaban J connectivity index is 1.17. The summed E-state index contributed by atoms with van der Waals surface area (Å²) in [6, 6.07) is 38.2. The lowest BCUT2D eigenvalue weighted by atomic mass is 9.84. The summed E-state index contributed by atoms with van der Waals surface area (Å²) in [5, 5.41) is 10.1. The lowest BCUT2D eigenvalue weighted by molar-refractivity contribution is -0.141. The Labute approximate surface area is 413 Å². The molecule has 0 saturated heterocycles. The van der Waals surface area contributed by atoms with E-state index in [4.69, 9.17) is 19.5 Å². The van der Waals surface area contributed by atoms with E-state index in [0.29, 0.717) is 27.9 Å². The Morgan fingerprint density at radius 3 is 1.97 bits per heavy atom. The van der Waals surface area contributed by atoms with Crippen LogP contribution in [0.15, 0.2) is 132 Å². The average molecular weight is 974 g/mol. The van der Waals surface area contributed by atoms with Crippen molar-refractivity contribution in [2.75, 3.05) is 18.6 Å². The maximum absolute atomic E-state index is 14.2. The molecule has 0 spiro atoms. The molecule has 5 aromatic rings. The number of allylic oxidation sites excluding steroid dienone is 1. The van der Waals surface area contributed by atoms with Crippen LogP contribution in [0.5, 0.6) is 0 Å². The normalized spacial score (nSPS) is 15.9. The molecule has 1 aromatic heterocycles. The molecule has 14 heteroatoms. The van der Waals surface area contributed by atoms with Crippen molar-refractivity contribution in [2.24, 2.45) is 10.9 Å². The Morgan fingerprint density at radius 2 is 1.44 bits per heavy atom. The largest absolute Gasteiger partial charge is 0.469 e. The number of benzene rings is 4. The van der Waals surface area contributed by atoms with Gasteiger partial charge in [-0.25, -0.2) is 9.78 Å². The first kappa shape index (κ1) is 51.7. The van der Waals surface area contributed by atoms with Gasteiger partial charge in [0.05, 0.1) is 35.7 Å². The van der Waals surface area contributed by atoms with E-state index < -0.39 is 51.8 Å². The zero-order valence-corrected chi connectivity index (χ0v) is 42.6. The third-order valence-electron chi connectivity index (χ3n) is 11.3. The third kappa shape index (κ3) is 13.3. The molecule has 3 amide bonds. The zero-order chi connectivity index (χ0) is 48.9. The zero-order valence-electron chi connectivity index (χ0n) is 40.2. The first-order chi connectivity index (χ1) is 32.5. The maximum Gasteiger partial charge on any atom is 0.408 e. The van der Waals surface area contributed by atoms with Gasteiger partial charge in [0.15, 0.2) is 0 Å². The minimum atomic E-state index is -1.22. The molecule has 68 heavy (non-hydrogen) atoms. The number of aryl methyl sites for hydroxylation is 1. The number of thioether (sulfide) groups is 2. The van der Waals surface area contributed by atoms with Crippen LogP contribution in [-0.2, 0) is 41.6 Å². The minimum Gasteiger partial charge on any atom is -0.469 e. The number of rotatable bonds is 20. The van der Waals surface area contributed by atoms with E-state index in [9.17, 15) is 19.2 Å². The number of hydrogen-bond acceptors (Lipinski definition) is 11. The molecular formula is C54H63N5O6S3. The molecule has 358 valence electrons. The van der Waals surface area contributed by atoms with E-state index >= 15 is 0 Å². The lowest BCUT2D eigenvalue weighted by Crippen LogP contribution is -2.56. The highest BCUT2D eigenvalue weighted by Gasteiger charge is 2.42. The summed E-state index contributed by atoms with van der Waals surface area (Å²) < 4.78 is 9.99. The number of hydrogen-bond donors (Lipinski definition) is 3. The molecule has 1 aliphatic rings. The summed E-state index contributed by atoms with van der Waals surface area (Å²) in [6.07, 6.45) is 4.76. The van der Waals surface area contributed by atoms with Crippen LogP contribution in [0.2, 0.25) is 0 Å². The molecule has 6 rings (SSSR count). The summed E-state index contributed by atoms with van der Waals surface area (Å²) in [5.41, 5.74) is 4.41. The van der Waals surface area contributed by atoms with Crippen molar-refractivity contribution in [1.82, 2.24) is 20.9 Å². The van der Waals surface area contributed by atoms with Crippen molar-refractivity contribution in [1.29, 1.82) is 0 Å². The van der Waals surface area contributed by atoms with Gasteiger partial charge in [0, 0.05) is 5.75 Å². The van der Waals surface area contributed by atoms with Crippen LogP contribution < -0.4 is 16.0 Å². The molecule has 3 N–H and O–H groups in total. The van der Waals surface area contributed by atoms with E-state index in [-0.39, 0.29) is 18.9 Å². The summed E-state index contributed by atoms with van der Waals surface area (Å²) in [4.78, 5) is 64.4. The molecule has 0 fully saturated rings. The van der Waals surface area contributed by atoms with Gasteiger partial charge in [0.2, 0.25) is 11.8 Å². The molecule has 11 nitrogen and oxygen atoms in total. The van der Waals surface area contributed by atoms with Crippen LogP contribution in [0.25, 0.3) is 10.4 Å². The monoisotopic (exact) mass is 973 g/mol. The Morgan fingerprint density at radius 1 is 0.853 bits per heavy atom. The van der Waals surface area contributed by atoms with Crippen LogP contribution in [0.4, 0.5) is 4.79 Å². The molecule has 1 aliphatic heterocycles. The maximum atomic E-state index is 14.2. The molecule has 4 aromatic carbocycles. The van der Waals surface area contributed by atoms with Gasteiger partial charge in [-0.15, -0.1) is 34.9 Å². The fourth-order valence-electron chi connectivity index (χ4n) is 7.71. The first-order valence-electron chi connectivity index (χ1n) is 23.0. The second-order valence-electron chi connectivity index (χ2n) is 18.1. The lowest BCUT2D eigenvalue weighted by Gasteiger charge is -2.35. The molecular weight excluding hydrogens is 911 g/mol. The Hall–Kier alpha value is -5.70. The fraction of sp³-hybridized carbons (Fsp3) is 0.370. The predicted molar refractivity (Wildman–Crippen MR) is 278 cm³/mol. The Bertz CT molecular complexity index is 2450. The highest BCUT2D eigenvalue weighted by molar-refractivity contribution is 8.14. The number of methoxy groups -OCH3 is 1. The summed E-state index contributed by atoms with van der Waals surface area (Å²) in [6.45, 7) is 13.2. The number of thiazole rings is 1. The van der Waals surface area contributed by atoms with Gasteiger partial charge in [-0.2, -0.15) is 0 Å². The van der Waals surface area contributed by atoms with Crippen molar-refractivity contribution in [3.63, 3.8) is 0 Å². The number of carbonyl (C=O) groups is 4. The Kier molecular flexibility index (Phi) is 17.9. The number of nitrogens with zero attached hydrogens (tertiary/aromatic N) is 2. The standard InChI is InChI=1S/C54H63N5O6S3/c1-9-37-28-30-38(31-29-37)47-46(57-43(68-47)34-55-51(63)65-52(4,5)6)49-59-53(7,35-66-49)50(62)58-45(36(2)3)48(61)56-42(33-44(60)64-8)27-19-20-32-67-54(39-21-13-10-14-22-39,40-23-15-11-16-24-40)41-25-17-12-18-26-41/h10-19,21-31,36,42,45H,9,20,32-35H2,1-8H3,(H,55,63)(H,56,61)(H,58,62)/b27-19+/t42?,45?,53-/m0/s1. The molecule has 3 atom stereocenters. The van der Waals surface area contributed by atoms with Crippen LogP contribution in [0, 0.1) is 5.92 Å². The second kappa shape index (κ2) is 23.5. The van der Waals surface area contributed by atoms with Gasteiger partial charge in [-0.05, 0) is 80.0 Å². The average Bonchev–Trinajstić information content (AvgIpc) is 3.95. The number of aliphatic imine (C=N–C) groups is 1. The molecule has 0 bridgehead atoms. The summed E-state index contributed by atoms with van der Waals surface area (Å²) in [5.74, 6) is -0.535. The fourth-order valence-corrected chi connectivity index (χ4v) is 11.4. The smallest absolute Gasteiger partial charge is 0.408 e. The highest BCUT2D eigenvalue weighted by atomic mass is 32.2. The SMILES string of the molecule is CCc1ccc(-c2sc(CNC(=O)OC(C)(C)C)nc2C2=N[C@](C)(C(=O)NC(C(=O)NC(/C=C/CCSC(c3ccccc3)(c3ccccc3)c3ccccc3)CC(=O)OC)C(C)C)CS2)cc1. The number of ether oxygens (including phenoxy) is 2. The van der Waals surface area contributed by atoms with Gasteiger partial charge >= 0.3 is 12.1 Å². The van der Waals surface area contributed by atoms with Crippen molar-refractivity contribution in [2.45, 2.75) is 102 Å². The van der Waals surface area contributed by atoms with E-state index in [1.165, 1.54) is 52.5 Å². The topological polar surface area (TPSA) is 148 Å². The third-order valence-corrected chi connectivity index (χ3v) is 15.2. The van der Waals surface area contributed by atoms with E-state index in [1.54, 1.807) is 6.92 Å².